The van der Waals surface area contributed by atoms with Gasteiger partial charge in [0.05, 0.1) is 0 Å². The van der Waals surface area contributed by atoms with Crippen LogP contribution in [0.4, 0.5) is 8.78 Å². The van der Waals surface area contributed by atoms with Crippen molar-refractivity contribution in [2.24, 2.45) is 11.3 Å². The predicted octanol–water partition coefficient (Wildman–Crippen LogP) is 5.33. The van der Waals surface area contributed by atoms with Crippen molar-refractivity contribution in [3.05, 3.63) is 35.4 Å². The van der Waals surface area contributed by atoms with Gasteiger partial charge in [-0.25, -0.2) is 8.78 Å². The quantitative estimate of drug-likeness (QED) is 0.582. The molecule has 0 atom stereocenters. The molecule has 0 amide bonds. The van der Waals surface area contributed by atoms with E-state index >= 15 is 0 Å². The fourth-order valence-corrected chi connectivity index (χ4v) is 4.04. The minimum Gasteiger partial charge on any atom is -0.204 e. The minimum absolute atomic E-state index is 0.0401. The Morgan fingerprint density at radius 1 is 1.11 bits per heavy atom. The maximum atomic E-state index is 13.2. The number of benzene rings is 1. The zero-order valence-electron chi connectivity index (χ0n) is 10.6. The number of halogens is 4. The molecule has 0 bridgehead atoms. The van der Waals surface area contributed by atoms with Crippen LogP contribution in [-0.2, 0) is 6.42 Å². The standard InChI is InChI=1S/C14H18Br2F2/c1-10(2)6-14(8-15,9-16)7-11-3-4-12(17)13(18)5-11/h3-5,10H,6-9H2,1-2H3. The molecule has 0 fully saturated rings. The molecule has 102 valence electrons. The van der Waals surface area contributed by atoms with Gasteiger partial charge < -0.3 is 0 Å². The lowest BCUT2D eigenvalue weighted by atomic mass is 9.79. The first kappa shape index (κ1) is 16.1. The van der Waals surface area contributed by atoms with Crippen LogP contribution in [0.15, 0.2) is 18.2 Å². The minimum atomic E-state index is -0.786. The highest BCUT2D eigenvalue weighted by Crippen LogP contribution is 2.35. The molecule has 0 aromatic heterocycles. The summed E-state index contributed by atoms with van der Waals surface area (Å²) >= 11 is 7.11. The summed E-state index contributed by atoms with van der Waals surface area (Å²) in [5.74, 6) is -0.994. The molecule has 1 aromatic carbocycles. The van der Waals surface area contributed by atoms with E-state index in [4.69, 9.17) is 0 Å². The normalized spacial score (nSPS) is 12.2. The van der Waals surface area contributed by atoms with Gasteiger partial charge in [0.2, 0.25) is 0 Å². The van der Waals surface area contributed by atoms with Gasteiger partial charge >= 0.3 is 0 Å². The Bertz CT molecular complexity index is 387. The maximum absolute atomic E-state index is 13.2. The van der Waals surface area contributed by atoms with Gasteiger partial charge in [-0.1, -0.05) is 51.8 Å². The first-order chi connectivity index (χ1) is 8.42. The van der Waals surface area contributed by atoms with E-state index in [-0.39, 0.29) is 5.41 Å². The van der Waals surface area contributed by atoms with Crippen molar-refractivity contribution < 1.29 is 8.78 Å². The van der Waals surface area contributed by atoms with E-state index in [1.165, 1.54) is 12.1 Å². The van der Waals surface area contributed by atoms with Crippen molar-refractivity contribution in [3.8, 4) is 0 Å². The fourth-order valence-electron chi connectivity index (χ4n) is 2.26. The van der Waals surface area contributed by atoms with Crippen LogP contribution in [0.1, 0.15) is 25.8 Å². The second-order valence-corrected chi connectivity index (χ2v) is 6.41. The topological polar surface area (TPSA) is 0 Å². The molecule has 0 heterocycles. The zero-order chi connectivity index (χ0) is 13.8. The second-order valence-electron chi connectivity index (χ2n) is 5.29. The van der Waals surface area contributed by atoms with Crippen molar-refractivity contribution in [1.82, 2.24) is 0 Å². The molecule has 0 nitrogen and oxygen atoms in total. The molecule has 0 radical (unpaired) electrons. The Balaban J connectivity index is 2.92. The molecule has 0 N–H and O–H groups in total. The van der Waals surface area contributed by atoms with Crippen LogP contribution >= 0.6 is 31.9 Å². The molecular weight excluding hydrogens is 366 g/mol. The molecule has 1 aromatic rings. The summed E-state index contributed by atoms with van der Waals surface area (Å²) in [5, 5.41) is 1.67. The fraction of sp³-hybridized carbons (Fsp3) is 0.571. The van der Waals surface area contributed by atoms with Gasteiger partial charge in [0.15, 0.2) is 11.6 Å². The summed E-state index contributed by atoms with van der Waals surface area (Å²) in [4.78, 5) is 0. The first-order valence-corrected chi connectivity index (χ1v) is 8.22. The molecule has 18 heavy (non-hydrogen) atoms. The molecule has 0 saturated carbocycles. The van der Waals surface area contributed by atoms with Gasteiger partial charge in [-0.15, -0.1) is 0 Å². The van der Waals surface area contributed by atoms with Crippen molar-refractivity contribution in [1.29, 1.82) is 0 Å². The smallest absolute Gasteiger partial charge is 0.159 e. The Kier molecular flexibility index (Phi) is 6.25. The van der Waals surface area contributed by atoms with Crippen molar-refractivity contribution in [2.75, 3.05) is 10.7 Å². The molecular formula is C14H18Br2F2. The largest absolute Gasteiger partial charge is 0.204 e. The van der Waals surface area contributed by atoms with Crippen LogP contribution < -0.4 is 0 Å². The third-order valence-corrected chi connectivity index (χ3v) is 5.35. The predicted molar refractivity (Wildman–Crippen MR) is 79.5 cm³/mol. The zero-order valence-corrected chi connectivity index (χ0v) is 13.8. The number of rotatable bonds is 6. The highest BCUT2D eigenvalue weighted by molar-refractivity contribution is 9.09. The van der Waals surface area contributed by atoms with E-state index in [9.17, 15) is 8.78 Å². The van der Waals surface area contributed by atoms with Gasteiger partial charge in [-0.2, -0.15) is 0 Å². The van der Waals surface area contributed by atoms with Crippen molar-refractivity contribution in [2.45, 2.75) is 26.7 Å². The highest BCUT2D eigenvalue weighted by Gasteiger charge is 2.29. The maximum Gasteiger partial charge on any atom is 0.159 e. The third kappa shape index (κ3) is 4.30. The second kappa shape index (κ2) is 6.99. The van der Waals surface area contributed by atoms with Crippen LogP contribution in [0.25, 0.3) is 0 Å². The number of hydrogen-bond acceptors (Lipinski definition) is 0. The van der Waals surface area contributed by atoms with E-state index in [1.54, 1.807) is 6.07 Å². The average Bonchev–Trinajstić information content (AvgIpc) is 2.32. The molecule has 0 unspecified atom stereocenters. The van der Waals surface area contributed by atoms with Gasteiger partial charge in [-0.05, 0) is 41.9 Å². The number of hydrogen-bond donors (Lipinski definition) is 0. The van der Waals surface area contributed by atoms with Crippen LogP contribution in [0.2, 0.25) is 0 Å². The van der Waals surface area contributed by atoms with E-state index in [0.717, 1.165) is 29.1 Å². The van der Waals surface area contributed by atoms with E-state index in [2.05, 4.69) is 45.7 Å². The molecule has 0 spiro atoms. The summed E-state index contributed by atoms with van der Waals surface area (Å²) in [6.07, 6.45) is 1.77. The van der Waals surface area contributed by atoms with Gasteiger partial charge in [0, 0.05) is 10.7 Å². The SMILES string of the molecule is CC(C)CC(CBr)(CBr)Cc1ccc(F)c(F)c1. The van der Waals surface area contributed by atoms with Crippen molar-refractivity contribution in [3.63, 3.8) is 0 Å². The van der Waals surface area contributed by atoms with E-state index in [0.29, 0.717) is 5.92 Å². The lowest BCUT2D eigenvalue weighted by Crippen LogP contribution is -2.29. The molecule has 1 rings (SSSR count). The monoisotopic (exact) mass is 382 g/mol. The summed E-state index contributed by atoms with van der Waals surface area (Å²) in [5.41, 5.74) is 0.881. The van der Waals surface area contributed by atoms with E-state index < -0.39 is 11.6 Å². The van der Waals surface area contributed by atoms with Crippen LogP contribution in [0, 0.1) is 23.0 Å². The van der Waals surface area contributed by atoms with Crippen molar-refractivity contribution >= 4 is 31.9 Å². The Labute approximate surface area is 124 Å². The summed E-state index contributed by atoms with van der Waals surface area (Å²) in [6.45, 7) is 4.34. The van der Waals surface area contributed by atoms with E-state index in [1.807, 2.05) is 0 Å². The summed E-state index contributed by atoms with van der Waals surface area (Å²) in [6, 6.07) is 4.17. The Morgan fingerprint density at radius 2 is 1.72 bits per heavy atom. The Morgan fingerprint density at radius 3 is 2.17 bits per heavy atom. The molecule has 0 aliphatic rings. The van der Waals surface area contributed by atoms with Crippen LogP contribution in [-0.4, -0.2) is 10.7 Å². The van der Waals surface area contributed by atoms with Crippen LogP contribution in [0.3, 0.4) is 0 Å². The molecule has 0 aliphatic heterocycles. The summed E-state index contributed by atoms with van der Waals surface area (Å²) in [7, 11) is 0. The Hall–Kier alpha value is 0.0400. The van der Waals surface area contributed by atoms with Gasteiger partial charge in [0.25, 0.3) is 0 Å². The third-order valence-electron chi connectivity index (χ3n) is 2.97. The lowest BCUT2D eigenvalue weighted by Gasteiger charge is -2.32. The highest BCUT2D eigenvalue weighted by atomic mass is 79.9. The number of alkyl halides is 2. The first-order valence-electron chi connectivity index (χ1n) is 5.98. The molecule has 0 saturated heterocycles. The average molecular weight is 384 g/mol. The van der Waals surface area contributed by atoms with Crippen LogP contribution in [0.5, 0.6) is 0 Å². The molecule has 0 aliphatic carbocycles. The lowest BCUT2D eigenvalue weighted by molar-refractivity contribution is 0.304. The van der Waals surface area contributed by atoms with Gasteiger partial charge in [0.1, 0.15) is 0 Å². The molecule has 4 heteroatoms. The van der Waals surface area contributed by atoms with Gasteiger partial charge in [-0.3, -0.25) is 0 Å². The summed E-state index contributed by atoms with van der Waals surface area (Å²) < 4.78 is 26.1.